The van der Waals surface area contributed by atoms with Crippen LogP contribution in [0.5, 0.6) is 0 Å². The Hall–Kier alpha value is -3.13. The highest BCUT2D eigenvalue weighted by Gasteiger charge is 2.13. The number of carbonyl (C=O) groups is 1. The zero-order valence-corrected chi connectivity index (χ0v) is 12.9. The first-order valence-electron chi connectivity index (χ1n) is 7.27. The zero-order valence-electron chi connectivity index (χ0n) is 12.9. The van der Waals surface area contributed by atoms with E-state index >= 15 is 0 Å². The van der Waals surface area contributed by atoms with Gasteiger partial charge in [0.25, 0.3) is 0 Å². The molecule has 0 radical (unpaired) electrons. The van der Waals surface area contributed by atoms with E-state index in [0.29, 0.717) is 22.9 Å². The van der Waals surface area contributed by atoms with Gasteiger partial charge in [0.05, 0.1) is 12.8 Å². The molecule has 3 N–H and O–H groups in total. The Labute approximate surface area is 137 Å². The first-order chi connectivity index (χ1) is 11.6. The summed E-state index contributed by atoms with van der Waals surface area (Å²) in [7, 11) is 0. The Kier molecular flexibility index (Phi) is 4.57. The van der Waals surface area contributed by atoms with Crippen LogP contribution in [0.25, 0.3) is 11.5 Å². The highest BCUT2D eigenvalue weighted by molar-refractivity contribution is 5.90. The van der Waals surface area contributed by atoms with Crippen molar-refractivity contribution in [2.75, 3.05) is 11.9 Å². The molecule has 8 nitrogen and oxygen atoms in total. The van der Waals surface area contributed by atoms with Crippen molar-refractivity contribution >= 4 is 11.7 Å². The molecule has 2 aromatic heterocycles. The van der Waals surface area contributed by atoms with E-state index in [9.17, 15) is 9.90 Å². The van der Waals surface area contributed by atoms with Gasteiger partial charge in [-0.3, -0.25) is 0 Å². The van der Waals surface area contributed by atoms with Gasteiger partial charge in [0.1, 0.15) is 11.9 Å². The maximum Gasteiger partial charge on any atom is 0.319 e. The molecular weight excluding hydrogens is 312 g/mol. The summed E-state index contributed by atoms with van der Waals surface area (Å²) in [5, 5.41) is 22.7. The van der Waals surface area contributed by atoms with Crippen LogP contribution < -0.4 is 10.6 Å². The molecule has 0 unspecified atom stereocenters. The minimum atomic E-state index is -0.906. The maximum atomic E-state index is 12.0. The van der Waals surface area contributed by atoms with Gasteiger partial charge in [-0.05, 0) is 36.8 Å². The molecule has 0 aliphatic heterocycles. The third kappa shape index (κ3) is 3.61. The van der Waals surface area contributed by atoms with E-state index in [1.807, 2.05) is 19.1 Å². The molecule has 1 aromatic carbocycles. The van der Waals surface area contributed by atoms with E-state index in [0.717, 1.165) is 5.56 Å². The number of hydrogen-bond acceptors (Lipinski definition) is 6. The molecule has 24 heavy (non-hydrogen) atoms. The number of amides is 2. The second kappa shape index (κ2) is 6.97. The predicted molar refractivity (Wildman–Crippen MR) is 85.2 cm³/mol. The van der Waals surface area contributed by atoms with Gasteiger partial charge in [-0.2, -0.15) is 0 Å². The lowest BCUT2D eigenvalue weighted by molar-refractivity contribution is 0.149. The van der Waals surface area contributed by atoms with Crippen LogP contribution >= 0.6 is 0 Å². The predicted octanol–water partition coefficient (Wildman–Crippen LogP) is 2.49. The Bertz CT molecular complexity index is 800. The number of hydrogen-bond donors (Lipinski definition) is 3. The number of anilines is 1. The van der Waals surface area contributed by atoms with Gasteiger partial charge in [-0.1, -0.05) is 6.07 Å². The Morgan fingerprint density at radius 1 is 1.33 bits per heavy atom. The molecule has 1 atom stereocenters. The first kappa shape index (κ1) is 15.8. The second-order valence-electron chi connectivity index (χ2n) is 5.14. The minimum absolute atomic E-state index is 0.0295. The molecule has 0 fully saturated rings. The summed E-state index contributed by atoms with van der Waals surface area (Å²) in [6.45, 7) is 1.90. The fraction of sp³-hybridized carbons (Fsp3) is 0.188. The zero-order chi connectivity index (χ0) is 16.9. The van der Waals surface area contributed by atoms with Gasteiger partial charge in [0.15, 0.2) is 0 Å². The smallest absolute Gasteiger partial charge is 0.319 e. The molecule has 2 amide bonds. The molecule has 8 heteroatoms. The van der Waals surface area contributed by atoms with Crippen LogP contribution in [0.3, 0.4) is 0 Å². The van der Waals surface area contributed by atoms with Gasteiger partial charge in [0, 0.05) is 11.3 Å². The van der Waals surface area contributed by atoms with Gasteiger partial charge >= 0.3 is 6.03 Å². The summed E-state index contributed by atoms with van der Waals surface area (Å²) in [6, 6.07) is 8.28. The average Bonchev–Trinajstić information content (AvgIpc) is 3.28. The fourth-order valence-corrected chi connectivity index (χ4v) is 2.13. The molecule has 3 aromatic rings. The summed E-state index contributed by atoms with van der Waals surface area (Å²) in [5.41, 5.74) is 2.18. The first-order valence-corrected chi connectivity index (χ1v) is 7.27. The number of benzene rings is 1. The van der Waals surface area contributed by atoms with E-state index < -0.39 is 12.1 Å². The second-order valence-corrected chi connectivity index (χ2v) is 5.14. The number of rotatable bonds is 5. The van der Waals surface area contributed by atoms with Crippen LogP contribution in [0.2, 0.25) is 0 Å². The lowest BCUT2D eigenvalue weighted by Crippen LogP contribution is -2.32. The van der Waals surface area contributed by atoms with Gasteiger partial charge in [-0.25, -0.2) is 4.79 Å². The van der Waals surface area contributed by atoms with E-state index in [-0.39, 0.29) is 6.54 Å². The number of aliphatic hydroxyl groups excluding tert-OH is 1. The van der Waals surface area contributed by atoms with Crippen molar-refractivity contribution in [2.45, 2.75) is 13.0 Å². The maximum absolute atomic E-state index is 12.0. The SMILES string of the molecule is Cc1ccc(-c2nnco2)cc1NC(=O)NC[C@H](O)c1ccco1. The van der Waals surface area contributed by atoms with Gasteiger partial charge in [-0.15, -0.1) is 10.2 Å². The normalized spacial score (nSPS) is 11.9. The molecule has 2 heterocycles. The van der Waals surface area contributed by atoms with Crippen molar-refractivity contribution in [1.82, 2.24) is 15.5 Å². The number of aryl methyl sites for hydroxylation is 1. The third-order valence-corrected chi connectivity index (χ3v) is 3.42. The van der Waals surface area contributed by atoms with Crippen molar-refractivity contribution < 1.29 is 18.7 Å². The minimum Gasteiger partial charge on any atom is -0.467 e. The highest BCUT2D eigenvalue weighted by atomic mass is 16.4. The Balaban J connectivity index is 1.62. The quantitative estimate of drug-likeness (QED) is 0.663. The molecule has 124 valence electrons. The number of aliphatic hydroxyl groups is 1. The lowest BCUT2D eigenvalue weighted by atomic mass is 10.1. The molecule has 0 spiro atoms. The van der Waals surface area contributed by atoms with E-state index in [4.69, 9.17) is 8.83 Å². The van der Waals surface area contributed by atoms with Crippen LogP contribution in [-0.4, -0.2) is 27.9 Å². The molecule has 0 bridgehead atoms. The van der Waals surface area contributed by atoms with E-state index in [2.05, 4.69) is 20.8 Å². The number of furan rings is 1. The number of nitrogens with zero attached hydrogens (tertiary/aromatic N) is 2. The Morgan fingerprint density at radius 3 is 2.92 bits per heavy atom. The summed E-state index contributed by atoms with van der Waals surface area (Å²) < 4.78 is 10.2. The number of carbonyl (C=O) groups excluding carboxylic acids is 1. The Morgan fingerprint density at radius 2 is 2.21 bits per heavy atom. The highest BCUT2D eigenvalue weighted by Crippen LogP contribution is 2.23. The van der Waals surface area contributed by atoms with Crippen molar-refractivity contribution in [1.29, 1.82) is 0 Å². The summed E-state index contributed by atoms with van der Waals surface area (Å²) in [4.78, 5) is 12.0. The van der Waals surface area contributed by atoms with Gasteiger partial charge in [0.2, 0.25) is 12.3 Å². The van der Waals surface area contributed by atoms with Crippen LogP contribution in [-0.2, 0) is 0 Å². The number of urea groups is 1. The summed E-state index contributed by atoms with van der Waals surface area (Å²) in [6.07, 6.45) is 1.80. The van der Waals surface area contributed by atoms with Crippen LogP contribution in [0.4, 0.5) is 10.5 Å². The van der Waals surface area contributed by atoms with E-state index in [1.54, 1.807) is 18.2 Å². The van der Waals surface area contributed by atoms with E-state index in [1.165, 1.54) is 12.7 Å². The number of aromatic nitrogens is 2. The monoisotopic (exact) mass is 328 g/mol. The van der Waals surface area contributed by atoms with Crippen molar-refractivity contribution in [3.63, 3.8) is 0 Å². The van der Waals surface area contributed by atoms with Crippen molar-refractivity contribution in [2.24, 2.45) is 0 Å². The molecule has 0 saturated carbocycles. The van der Waals surface area contributed by atoms with Gasteiger partial charge < -0.3 is 24.6 Å². The summed E-state index contributed by atoms with van der Waals surface area (Å²) >= 11 is 0. The molecular formula is C16H16N4O4. The number of nitrogens with one attached hydrogen (secondary N) is 2. The topological polar surface area (TPSA) is 113 Å². The molecule has 0 aliphatic rings. The molecule has 3 rings (SSSR count). The van der Waals surface area contributed by atoms with Crippen molar-refractivity contribution in [3.8, 4) is 11.5 Å². The fourth-order valence-electron chi connectivity index (χ4n) is 2.13. The van der Waals surface area contributed by atoms with Crippen LogP contribution in [0.15, 0.2) is 51.8 Å². The van der Waals surface area contributed by atoms with Crippen molar-refractivity contribution in [3.05, 3.63) is 54.3 Å². The largest absolute Gasteiger partial charge is 0.467 e. The average molecular weight is 328 g/mol. The molecule has 0 aliphatic carbocycles. The standard InChI is InChI=1S/C16H16N4O4/c1-10-4-5-11(15-20-18-9-24-15)7-12(10)19-16(22)17-8-13(21)14-3-2-6-23-14/h2-7,9,13,21H,8H2,1H3,(H2,17,19,22)/t13-/m0/s1. The lowest BCUT2D eigenvalue weighted by Gasteiger charge is -2.12. The van der Waals surface area contributed by atoms with Crippen LogP contribution in [0.1, 0.15) is 17.4 Å². The third-order valence-electron chi connectivity index (χ3n) is 3.42. The molecule has 0 saturated heterocycles. The van der Waals surface area contributed by atoms with Crippen LogP contribution in [0, 0.1) is 6.92 Å². The summed E-state index contributed by atoms with van der Waals surface area (Å²) in [5.74, 6) is 0.761.